The van der Waals surface area contributed by atoms with Crippen LogP contribution in [0.4, 0.5) is 0 Å². The Morgan fingerprint density at radius 1 is 0.885 bits per heavy atom. The second-order valence-electron chi connectivity index (χ2n) is 8.81. The van der Waals surface area contributed by atoms with E-state index in [-0.39, 0.29) is 0 Å². The maximum atomic E-state index is 3.52. The molecule has 0 bridgehead atoms. The number of unbranched alkanes of at least 4 members (excludes halogenated alkanes) is 2. The molecule has 0 aliphatic heterocycles. The zero-order valence-electron chi connectivity index (χ0n) is 16.7. The predicted molar refractivity (Wildman–Crippen MR) is 117 cm³/mol. The Morgan fingerprint density at radius 3 is 2.19 bits per heavy atom. The van der Waals surface area contributed by atoms with E-state index < -0.39 is 0 Å². The molecule has 0 amide bonds. The van der Waals surface area contributed by atoms with Gasteiger partial charge >= 0.3 is 0 Å². The van der Waals surface area contributed by atoms with Crippen LogP contribution in [0.1, 0.15) is 89.5 Å². The molecule has 3 rings (SSSR count). The van der Waals surface area contributed by atoms with E-state index in [0.717, 1.165) is 24.2 Å². The molecule has 2 saturated carbocycles. The summed E-state index contributed by atoms with van der Waals surface area (Å²) < 4.78 is 1.18. The summed E-state index contributed by atoms with van der Waals surface area (Å²) in [7, 11) is 0. The number of hydrogen-bond donors (Lipinski definition) is 0. The fourth-order valence-corrected chi connectivity index (χ4v) is 5.46. The number of benzene rings is 1. The van der Waals surface area contributed by atoms with Crippen molar-refractivity contribution >= 4 is 15.9 Å². The molecular weight excluding hydrogens is 380 g/mol. The van der Waals surface area contributed by atoms with E-state index in [9.17, 15) is 0 Å². The van der Waals surface area contributed by atoms with Crippen molar-refractivity contribution in [3.05, 3.63) is 46.0 Å². The van der Waals surface area contributed by atoms with E-state index >= 15 is 0 Å². The Labute approximate surface area is 170 Å². The molecule has 0 saturated heterocycles. The molecule has 2 aliphatic carbocycles. The van der Waals surface area contributed by atoms with Crippen LogP contribution in [0.25, 0.3) is 0 Å². The van der Waals surface area contributed by atoms with E-state index in [0.29, 0.717) is 0 Å². The van der Waals surface area contributed by atoms with Crippen molar-refractivity contribution in [3.63, 3.8) is 0 Å². The molecule has 0 spiro atoms. The molecule has 144 valence electrons. The maximum absolute atomic E-state index is 3.52. The largest absolute Gasteiger partial charge is 0.0809 e. The lowest BCUT2D eigenvalue weighted by Crippen LogP contribution is -2.24. The summed E-state index contributed by atoms with van der Waals surface area (Å²) in [6.07, 6.45) is 21.2. The molecule has 0 N–H and O–H groups in total. The van der Waals surface area contributed by atoms with Crippen LogP contribution in [-0.4, -0.2) is 0 Å². The first-order valence-corrected chi connectivity index (χ1v) is 12.0. The van der Waals surface area contributed by atoms with Crippen molar-refractivity contribution in [1.29, 1.82) is 0 Å². The van der Waals surface area contributed by atoms with Gasteiger partial charge in [-0.2, -0.15) is 0 Å². The third-order valence-corrected chi connectivity index (χ3v) is 7.51. The first-order valence-electron chi connectivity index (χ1n) is 11.2. The molecule has 0 unspecified atom stereocenters. The number of hydrogen-bond acceptors (Lipinski definition) is 0. The minimum absolute atomic E-state index is 1.02. The number of halogens is 1. The second kappa shape index (κ2) is 10.7. The minimum Gasteiger partial charge on any atom is -0.0809 e. The lowest BCUT2D eigenvalue weighted by atomic mass is 9.69. The van der Waals surface area contributed by atoms with Crippen LogP contribution in [0, 0.1) is 17.8 Å². The van der Waals surface area contributed by atoms with Gasteiger partial charge in [0, 0.05) is 4.47 Å². The van der Waals surface area contributed by atoms with E-state index in [2.05, 4.69) is 53.2 Å². The van der Waals surface area contributed by atoms with Gasteiger partial charge in [-0.25, -0.2) is 0 Å². The minimum atomic E-state index is 1.02. The van der Waals surface area contributed by atoms with Gasteiger partial charge in [-0.1, -0.05) is 85.2 Å². The van der Waals surface area contributed by atoms with E-state index in [1.165, 1.54) is 87.1 Å². The van der Waals surface area contributed by atoms with Gasteiger partial charge in [-0.05, 0) is 80.4 Å². The zero-order valence-corrected chi connectivity index (χ0v) is 18.3. The Balaban J connectivity index is 1.37. The van der Waals surface area contributed by atoms with Crippen molar-refractivity contribution in [2.75, 3.05) is 0 Å². The first kappa shape index (κ1) is 20.2. The molecule has 1 aromatic rings. The normalized spacial score (nSPS) is 26.7. The van der Waals surface area contributed by atoms with Crippen LogP contribution < -0.4 is 0 Å². The summed E-state index contributed by atoms with van der Waals surface area (Å²) in [5, 5.41) is 0. The Hall–Kier alpha value is -0.560. The van der Waals surface area contributed by atoms with Crippen molar-refractivity contribution in [2.45, 2.75) is 90.4 Å². The Morgan fingerprint density at radius 2 is 1.54 bits per heavy atom. The molecule has 0 heterocycles. The lowest BCUT2D eigenvalue weighted by molar-refractivity contribution is 0.172. The van der Waals surface area contributed by atoms with Crippen molar-refractivity contribution < 1.29 is 0 Å². The monoisotopic (exact) mass is 416 g/mol. The topological polar surface area (TPSA) is 0 Å². The van der Waals surface area contributed by atoms with Gasteiger partial charge in [0.15, 0.2) is 0 Å². The van der Waals surface area contributed by atoms with Gasteiger partial charge in [0.25, 0.3) is 0 Å². The molecule has 0 nitrogen and oxygen atoms in total. The van der Waals surface area contributed by atoms with Crippen LogP contribution in [0.3, 0.4) is 0 Å². The van der Waals surface area contributed by atoms with Gasteiger partial charge in [-0.15, -0.1) is 0 Å². The van der Waals surface area contributed by atoms with Crippen LogP contribution in [0.15, 0.2) is 40.4 Å². The van der Waals surface area contributed by atoms with E-state index in [4.69, 9.17) is 0 Å². The third-order valence-electron chi connectivity index (χ3n) is 6.99. The van der Waals surface area contributed by atoms with Crippen LogP contribution in [0.5, 0.6) is 0 Å². The fourth-order valence-electron chi connectivity index (χ4n) is 5.20. The highest BCUT2D eigenvalue weighted by Crippen LogP contribution is 2.42. The summed E-state index contributed by atoms with van der Waals surface area (Å²) in [6, 6.07) is 8.80. The number of allylic oxidation sites excluding steroid dienone is 2. The smallest absolute Gasteiger partial charge is 0.0175 e. The highest BCUT2D eigenvalue weighted by Gasteiger charge is 2.29. The molecule has 0 radical (unpaired) electrons. The Kier molecular flexibility index (Phi) is 8.30. The molecule has 2 aliphatic rings. The second-order valence-corrected chi connectivity index (χ2v) is 9.72. The zero-order chi connectivity index (χ0) is 18.2. The van der Waals surface area contributed by atoms with Crippen molar-refractivity contribution in [1.82, 2.24) is 0 Å². The SMILES string of the molecule is CCCCCC1CCC(C2CCC(=CCc3ccc(Br)cc3)CC2)CC1. The van der Waals surface area contributed by atoms with Gasteiger partial charge < -0.3 is 0 Å². The van der Waals surface area contributed by atoms with Crippen molar-refractivity contribution in [3.8, 4) is 0 Å². The van der Waals surface area contributed by atoms with Gasteiger partial charge in [0.2, 0.25) is 0 Å². The fraction of sp³-hybridized carbons (Fsp3) is 0.680. The summed E-state index contributed by atoms with van der Waals surface area (Å²) in [6.45, 7) is 2.32. The average Bonchev–Trinajstić information content (AvgIpc) is 2.69. The predicted octanol–water partition coefficient (Wildman–Crippen LogP) is 8.49. The maximum Gasteiger partial charge on any atom is 0.0175 e. The van der Waals surface area contributed by atoms with Gasteiger partial charge in [-0.3, -0.25) is 0 Å². The van der Waals surface area contributed by atoms with Crippen LogP contribution in [-0.2, 0) is 6.42 Å². The van der Waals surface area contributed by atoms with E-state index in [1.807, 2.05) is 0 Å². The molecule has 26 heavy (non-hydrogen) atoms. The summed E-state index contributed by atoms with van der Waals surface area (Å²) in [4.78, 5) is 0. The summed E-state index contributed by atoms with van der Waals surface area (Å²) >= 11 is 3.52. The molecule has 2 fully saturated rings. The molecule has 1 heteroatoms. The quantitative estimate of drug-likeness (QED) is 0.308. The average molecular weight is 417 g/mol. The molecular formula is C25H37Br. The van der Waals surface area contributed by atoms with Gasteiger partial charge in [0.05, 0.1) is 0 Å². The lowest BCUT2D eigenvalue weighted by Gasteiger charge is -2.36. The van der Waals surface area contributed by atoms with E-state index in [1.54, 1.807) is 5.57 Å². The number of rotatable bonds is 7. The summed E-state index contributed by atoms with van der Waals surface area (Å²) in [5.41, 5.74) is 3.15. The highest BCUT2D eigenvalue weighted by molar-refractivity contribution is 9.10. The first-order chi connectivity index (χ1) is 12.7. The van der Waals surface area contributed by atoms with Crippen LogP contribution in [0.2, 0.25) is 0 Å². The van der Waals surface area contributed by atoms with Gasteiger partial charge in [0.1, 0.15) is 0 Å². The molecule has 1 aromatic carbocycles. The van der Waals surface area contributed by atoms with Crippen molar-refractivity contribution in [2.24, 2.45) is 17.8 Å². The third kappa shape index (κ3) is 6.25. The Bertz CT molecular complexity index is 538. The highest BCUT2D eigenvalue weighted by atomic mass is 79.9. The van der Waals surface area contributed by atoms with Crippen LogP contribution >= 0.6 is 15.9 Å². The molecule has 0 atom stereocenters. The summed E-state index contributed by atoms with van der Waals surface area (Å²) in [5.74, 6) is 3.13. The molecule has 0 aromatic heterocycles. The standard InChI is InChI=1S/C25H37Br/c1-2-3-4-5-20-8-14-23(15-9-20)24-16-10-21(11-17-24)6-7-22-12-18-25(26)19-13-22/h6,12-13,18-20,23-24H,2-5,7-11,14-17H2,1H3.